The molecule has 2 aromatic rings. The second-order valence-electron chi connectivity index (χ2n) is 7.44. The Bertz CT molecular complexity index is 1270. The van der Waals surface area contributed by atoms with Crippen LogP contribution >= 0.6 is 0 Å². The quantitative estimate of drug-likeness (QED) is 0.352. The van der Waals surface area contributed by atoms with Crippen molar-refractivity contribution in [1.82, 2.24) is 0 Å². The van der Waals surface area contributed by atoms with Crippen molar-refractivity contribution in [3.05, 3.63) is 48.0 Å². The van der Waals surface area contributed by atoms with Gasteiger partial charge >= 0.3 is 29.6 Å². The fourth-order valence-corrected chi connectivity index (χ4v) is 7.67. The summed E-state index contributed by atoms with van der Waals surface area (Å²) in [7, 11) is -13.9. The van der Waals surface area contributed by atoms with Crippen LogP contribution in [0.3, 0.4) is 0 Å². The first-order valence-corrected chi connectivity index (χ1v) is 14.1. The van der Waals surface area contributed by atoms with E-state index in [1.807, 2.05) is 0 Å². The van der Waals surface area contributed by atoms with E-state index in [4.69, 9.17) is 5.14 Å². The molecule has 0 bridgehead atoms. The Labute approximate surface area is 210 Å². The van der Waals surface area contributed by atoms with E-state index in [2.05, 4.69) is 5.32 Å². The van der Waals surface area contributed by atoms with Crippen LogP contribution in [0.1, 0.15) is 37.7 Å². The van der Waals surface area contributed by atoms with Crippen LogP contribution in [0.2, 0.25) is 0 Å². The van der Waals surface area contributed by atoms with Crippen molar-refractivity contribution in [1.29, 1.82) is 0 Å². The second kappa shape index (κ2) is 10.5. The standard InChI is InChI=1S/C19H24N2O7S3.Na/c20-30(24,25)19-12-17(31(26,27)28)16(21-13-14-7-3-1-4-8-14)11-18(19)29(22,23)15-9-5-2-6-10-15;/h1,3-4,7-8,11-12,15,21H,2,5-6,9-10,13H2,(H2,20,24,25)(H,26,27,28);/q;+1/p-1. The molecule has 3 rings (SSSR count). The topological polar surface area (TPSA) is 164 Å². The number of primary sulfonamides is 1. The third kappa shape index (κ3) is 6.32. The van der Waals surface area contributed by atoms with E-state index in [9.17, 15) is 29.8 Å². The van der Waals surface area contributed by atoms with Gasteiger partial charge in [0.1, 0.15) is 15.0 Å². The van der Waals surface area contributed by atoms with Crippen molar-refractivity contribution in [3.63, 3.8) is 0 Å². The molecule has 1 aliphatic carbocycles. The average Bonchev–Trinajstić information content (AvgIpc) is 2.71. The van der Waals surface area contributed by atoms with E-state index in [1.165, 1.54) is 0 Å². The first-order valence-electron chi connectivity index (χ1n) is 9.59. The number of hydrogen-bond acceptors (Lipinski definition) is 8. The molecule has 1 saturated carbocycles. The summed E-state index contributed by atoms with van der Waals surface area (Å²) in [6.45, 7) is 0.0843. The molecule has 0 amide bonds. The van der Waals surface area contributed by atoms with Crippen LogP contribution in [-0.2, 0) is 36.5 Å². The minimum atomic E-state index is -5.14. The van der Waals surface area contributed by atoms with Crippen molar-refractivity contribution < 1.29 is 59.4 Å². The third-order valence-corrected chi connectivity index (χ3v) is 9.50. The van der Waals surface area contributed by atoms with Crippen LogP contribution in [0.4, 0.5) is 5.69 Å². The maximum absolute atomic E-state index is 13.3. The molecule has 13 heteroatoms. The molecule has 3 N–H and O–H groups in total. The van der Waals surface area contributed by atoms with E-state index in [-0.39, 0.29) is 41.8 Å². The Morgan fingerprint density at radius 1 is 0.875 bits per heavy atom. The Balaban J connectivity index is 0.00000363. The van der Waals surface area contributed by atoms with E-state index in [0.29, 0.717) is 31.7 Å². The van der Waals surface area contributed by atoms with Crippen molar-refractivity contribution in [3.8, 4) is 0 Å². The molecular weight excluding hydrogens is 487 g/mol. The van der Waals surface area contributed by atoms with Crippen molar-refractivity contribution >= 4 is 35.7 Å². The molecule has 32 heavy (non-hydrogen) atoms. The monoisotopic (exact) mass is 510 g/mol. The second-order valence-corrected chi connectivity index (χ2v) is 12.5. The normalized spacial score (nSPS) is 15.7. The molecule has 0 radical (unpaired) electrons. The number of hydrogen-bond donors (Lipinski definition) is 2. The van der Waals surface area contributed by atoms with Crippen LogP contribution in [0.25, 0.3) is 0 Å². The Hall–Kier alpha value is -0.990. The summed E-state index contributed by atoms with van der Waals surface area (Å²) in [5, 5.41) is 7.15. The summed E-state index contributed by atoms with van der Waals surface area (Å²) in [6, 6.07) is 10.2. The van der Waals surface area contributed by atoms with Crippen LogP contribution < -0.4 is 40.0 Å². The number of nitrogens with one attached hydrogen (secondary N) is 1. The van der Waals surface area contributed by atoms with E-state index in [0.717, 1.165) is 18.1 Å². The molecule has 0 aromatic heterocycles. The molecule has 0 atom stereocenters. The van der Waals surface area contributed by atoms with Crippen LogP contribution in [0.15, 0.2) is 57.2 Å². The van der Waals surface area contributed by atoms with Crippen molar-refractivity contribution in [2.45, 2.75) is 58.6 Å². The summed E-state index contributed by atoms with van der Waals surface area (Å²) >= 11 is 0. The first-order chi connectivity index (χ1) is 14.4. The van der Waals surface area contributed by atoms with Gasteiger partial charge in [-0.25, -0.2) is 30.4 Å². The Morgan fingerprint density at radius 3 is 2.00 bits per heavy atom. The van der Waals surface area contributed by atoms with E-state index < -0.39 is 49.9 Å². The minimum absolute atomic E-state index is 0. The van der Waals surface area contributed by atoms with Crippen molar-refractivity contribution in [2.75, 3.05) is 5.32 Å². The Morgan fingerprint density at radius 2 is 1.47 bits per heavy atom. The van der Waals surface area contributed by atoms with Gasteiger partial charge in [-0.05, 0) is 30.5 Å². The molecular formula is C19H23N2NaO7S3. The van der Waals surface area contributed by atoms with Gasteiger partial charge in [0.15, 0.2) is 9.84 Å². The summed E-state index contributed by atoms with van der Waals surface area (Å²) in [6.07, 6.45) is 2.97. The fraction of sp³-hybridized carbons (Fsp3) is 0.368. The fourth-order valence-electron chi connectivity index (χ4n) is 3.68. The average molecular weight is 511 g/mol. The molecule has 0 saturated heterocycles. The number of nitrogens with two attached hydrogens (primary N) is 1. The maximum atomic E-state index is 13.3. The molecule has 0 unspecified atom stereocenters. The largest absolute Gasteiger partial charge is 1.00 e. The molecule has 9 nitrogen and oxygen atoms in total. The zero-order valence-corrected chi connectivity index (χ0v) is 22.0. The van der Waals surface area contributed by atoms with Gasteiger partial charge in [0.05, 0.1) is 20.7 Å². The molecule has 0 spiro atoms. The number of sulfone groups is 1. The zero-order valence-electron chi connectivity index (χ0n) is 17.5. The summed E-state index contributed by atoms with van der Waals surface area (Å²) in [5.74, 6) is 0. The van der Waals surface area contributed by atoms with Gasteiger partial charge in [0.25, 0.3) is 0 Å². The van der Waals surface area contributed by atoms with Gasteiger partial charge in [-0.3, -0.25) is 0 Å². The number of anilines is 1. The van der Waals surface area contributed by atoms with Gasteiger partial charge < -0.3 is 9.87 Å². The molecule has 1 fully saturated rings. The molecule has 170 valence electrons. The van der Waals surface area contributed by atoms with Crippen LogP contribution in [0, 0.1) is 0 Å². The van der Waals surface area contributed by atoms with E-state index in [1.54, 1.807) is 30.3 Å². The number of benzene rings is 2. The molecule has 1 aliphatic rings. The van der Waals surface area contributed by atoms with Gasteiger partial charge in [0.2, 0.25) is 10.0 Å². The molecule has 2 aromatic carbocycles. The van der Waals surface area contributed by atoms with Crippen molar-refractivity contribution in [2.24, 2.45) is 5.14 Å². The SMILES string of the molecule is NS(=O)(=O)c1cc(S(=O)(=O)[O-])c(NCc2ccccc2)cc1S(=O)(=O)C1CCCCC1.[Na+]. The predicted molar refractivity (Wildman–Crippen MR) is 114 cm³/mol. The van der Waals surface area contributed by atoms with Gasteiger partial charge in [-0.2, -0.15) is 0 Å². The molecule has 0 aliphatic heterocycles. The van der Waals surface area contributed by atoms with Crippen LogP contribution in [0.5, 0.6) is 0 Å². The predicted octanol–water partition coefficient (Wildman–Crippen LogP) is -1.04. The summed E-state index contributed by atoms with van der Waals surface area (Å²) in [4.78, 5) is -2.36. The zero-order chi connectivity index (χ0) is 22.9. The number of rotatable bonds is 7. The first kappa shape index (κ1) is 27.3. The van der Waals surface area contributed by atoms with E-state index >= 15 is 0 Å². The summed E-state index contributed by atoms with van der Waals surface area (Å²) < 4.78 is 86.3. The summed E-state index contributed by atoms with van der Waals surface area (Å²) in [5.41, 5.74) is 0.449. The number of sulfonamides is 1. The van der Waals surface area contributed by atoms with Gasteiger partial charge in [0, 0.05) is 6.54 Å². The van der Waals surface area contributed by atoms with Gasteiger partial charge in [-0.15, -0.1) is 0 Å². The van der Waals surface area contributed by atoms with Gasteiger partial charge in [-0.1, -0.05) is 49.6 Å². The smallest absolute Gasteiger partial charge is 0.744 e. The Kier molecular flexibility index (Phi) is 8.96. The molecule has 0 heterocycles. The minimum Gasteiger partial charge on any atom is -0.744 e. The van der Waals surface area contributed by atoms with Crippen LogP contribution in [-0.4, -0.2) is 35.1 Å². The third-order valence-electron chi connectivity index (χ3n) is 5.25. The maximum Gasteiger partial charge on any atom is 1.00 e.